The number of hydrogen-bond donors (Lipinski definition) is 0. The van der Waals surface area contributed by atoms with Gasteiger partial charge in [0, 0.05) is 37.3 Å². The molecule has 0 saturated carbocycles. The van der Waals surface area contributed by atoms with Crippen molar-refractivity contribution in [2.24, 2.45) is 0 Å². The Morgan fingerprint density at radius 3 is 2.46 bits per heavy atom. The van der Waals surface area contributed by atoms with Gasteiger partial charge in [-0.25, -0.2) is 0 Å². The van der Waals surface area contributed by atoms with Crippen molar-refractivity contribution in [2.45, 2.75) is 20.3 Å². The highest BCUT2D eigenvalue weighted by Gasteiger charge is 2.34. The molecule has 2 aromatic rings. The van der Waals surface area contributed by atoms with Gasteiger partial charge in [0.25, 0.3) is 11.1 Å². The lowest BCUT2D eigenvalue weighted by molar-refractivity contribution is -0.122. The Labute approximate surface area is 169 Å². The molecule has 0 bridgehead atoms. The van der Waals surface area contributed by atoms with E-state index in [4.69, 9.17) is 9.47 Å². The van der Waals surface area contributed by atoms with E-state index in [2.05, 4.69) is 4.57 Å². The summed E-state index contributed by atoms with van der Waals surface area (Å²) in [4.78, 5) is 26.5. The summed E-state index contributed by atoms with van der Waals surface area (Å²) in [6, 6.07) is 9.84. The number of hydrogen-bond acceptors (Lipinski definition) is 5. The van der Waals surface area contributed by atoms with E-state index in [9.17, 15) is 9.59 Å². The molecule has 1 fully saturated rings. The molecule has 0 spiro atoms. The number of aromatic nitrogens is 1. The molecular formula is C21H24N2O4S. The largest absolute Gasteiger partial charge is 0.497 e. The Balaban J connectivity index is 1.86. The van der Waals surface area contributed by atoms with E-state index in [1.54, 1.807) is 14.2 Å². The zero-order chi connectivity index (χ0) is 20.3. The molecule has 1 aromatic carbocycles. The maximum atomic E-state index is 12.6. The SMILES string of the molecule is COCCCN1C(=O)SC(=Cc2cc(C)n(-c3ccc(OC)cc3)c2C)C1=O. The summed E-state index contributed by atoms with van der Waals surface area (Å²) < 4.78 is 12.3. The third kappa shape index (κ3) is 4.00. The van der Waals surface area contributed by atoms with E-state index >= 15 is 0 Å². The molecule has 1 aliphatic rings. The third-order valence-electron chi connectivity index (χ3n) is 4.69. The van der Waals surface area contributed by atoms with Gasteiger partial charge in [-0.3, -0.25) is 14.5 Å². The van der Waals surface area contributed by atoms with Crippen molar-refractivity contribution < 1.29 is 19.1 Å². The predicted molar refractivity (Wildman–Crippen MR) is 111 cm³/mol. The number of imide groups is 1. The minimum absolute atomic E-state index is 0.226. The molecule has 1 aromatic heterocycles. The first-order chi connectivity index (χ1) is 13.5. The average Bonchev–Trinajstić information content (AvgIpc) is 3.11. The Morgan fingerprint density at radius 2 is 1.82 bits per heavy atom. The summed E-state index contributed by atoms with van der Waals surface area (Å²) in [5.74, 6) is 0.564. The van der Waals surface area contributed by atoms with Gasteiger partial charge in [0.05, 0.1) is 12.0 Å². The van der Waals surface area contributed by atoms with Crippen LogP contribution in [0.1, 0.15) is 23.4 Å². The second-order valence-corrected chi connectivity index (χ2v) is 7.53. The first kappa shape index (κ1) is 20.2. The number of carbonyl (C=O) groups excluding carboxylic acids is 2. The molecule has 1 aliphatic heterocycles. The molecule has 6 nitrogen and oxygen atoms in total. The van der Waals surface area contributed by atoms with Crippen molar-refractivity contribution in [3.8, 4) is 11.4 Å². The molecule has 0 radical (unpaired) electrons. The second-order valence-electron chi connectivity index (χ2n) is 6.54. The summed E-state index contributed by atoms with van der Waals surface area (Å²) >= 11 is 0.991. The molecule has 148 valence electrons. The summed E-state index contributed by atoms with van der Waals surface area (Å²) in [5.41, 5.74) is 4.00. The van der Waals surface area contributed by atoms with Gasteiger partial charge in [-0.05, 0) is 74.0 Å². The minimum Gasteiger partial charge on any atom is -0.497 e. The van der Waals surface area contributed by atoms with Crippen LogP contribution in [0.3, 0.4) is 0 Å². The van der Waals surface area contributed by atoms with Gasteiger partial charge in [0.1, 0.15) is 5.75 Å². The highest BCUT2D eigenvalue weighted by Crippen LogP contribution is 2.34. The van der Waals surface area contributed by atoms with Gasteiger partial charge in [-0.2, -0.15) is 0 Å². The van der Waals surface area contributed by atoms with E-state index in [0.29, 0.717) is 24.5 Å². The topological polar surface area (TPSA) is 60.8 Å². The fourth-order valence-electron chi connectivity index (χ4n) is 3.26. The van der Waals surface area contributed by atoms with Crippen molar-refractivity contribution in [3.63, 3.8) is 0 Å². The van der Waals surface area contributed by atoms with E-state index in [-0.39, 0.29) is 11.1 Å². The molecule has 0 aliphatic carbocycles. The van der Waals surface area contributed by atoms with E-state index in [1.807, 2.05) is 50.3 Å². The number of carbonyl (C=O) groups is 2. The van der Waals surface area contributed by atoms with Gasteiger partial charge in [0.2, 0.25) is 0 Å². The summed E-state index contributed by atoms with van der Waals surface area (Å²) in [6.07, 6.45) is 2.44. The summed E-state index contributed by atoms with van der Waals surface area (Å²) in [7, 11) is 3.24. The fraction of sp³-hybridized carbons (Fsp3) is 0.333. The van der Waals surface area contributed by atoms with Crippen LogP contribution in [-0.4, -0.2) is 48.0 Å². The van der Waals surface area contributed by atoms with Crippen LogP contribution in [0.5, 0.6) is 5.75 Å². The summed E-state index contributed by atoms with van der Waals surface area (Å²) in [6.45, 7) is 4.92. The van der Waals surface area contributed by atoms with Crippen molar-refractivity contribution in [2.75, 3.05) is 27.4 Å². The van der Waals surface area contributed by atoms with Crippen molar-refractivity contribution in [3.05, 3.63) is 52.2 Å². The van der Waals surface area contributed by atoms with Crippen LogP contribution < -0.4 is 4.74 Å². The maximum Gasteiger partial charge on any atom is 0.293 e. The lowest BCUT2D eigenvalue weighted by Crippen LogP contribution is -2.29. The molecule has 28 heavy (non-hydrogen) atoms. The van der Waals surface area contributed by atoms with Crippen LogP contribution in [0.4, 0.5) is 4.79 Å². The van der Waals surface area contributed by atoms with Crippen LogP contribution in [0.2, 0.25) is 0 Å². The van der Waals surface area contributed by atoms with E-state index in [0.717, 1.165) is 40.2 Å². The van der Waals surface area contributed by atoms with Gasteiger partial charge >= 0.3 is 0 Å². The Hall–Kier alpha value is -2.51. The Kier molecular flexibility index (Phi) is 6.26. The smallest absolute Gasteiger partial charge is 0.293 e. The molecule has 0 N–H and O–H groups in total. The minimum atomic E-state index is -0.236. The van der Waals surface area contributed by atoms with Crippen molar-refractivity contribution in [1.29, 1.82) is 0 Å². The molecular weight excluding hydrogens is 376 g/mol. The van der Waals surface area contributed by atoms with Gasteiger partial charge < -0.3 is 14.0 Å². The lowest BCUT2D eigenvalue weighted by atomic mass is 10.2. The Bertz CT molecular complexity index is 915. The third-order valence-corrected chi connectivity index (χ3v) is 5.60. The number of ether oxygens (including phenoxy) is 2. The number of aryl methyl sites for hydroxylation is 1. The number of nitrogens with zero attached hydrogens (tertiary/aromatic N) is 2. The summed E-state index contributed by atoms with van der Waals surface area (Å²) in [5, 5.41) is -0.226. The first-order valence-electron chi connectivity index (χ1n) is 9.04. The average molecular weight is 401 g/mol. The lowest BCUT2D eigenvalue weighted by Gasteiger charge is -2.11. The number of methoxy groups -OCH3 is 2. The Morgan fingerprint density at radius 1 is 1.11 bits per heavy atom. The highest BCUT2D eigenvalue weighted by molar-refractivity contribution is 8.18. The standard InChI is InChI=1S/C21H24N2O4S/c1-14-12-16(15(2)23(14)17-6-8-18(27-4)9-7-17)13-19-20(24)22(21(25)28-19)10-5-11-26-3/h6-9,12-13H,5,10-11H2,1-4H3. The van der Waals surface area contributed by atoms with Crippen LogP contribution in [-0.2, 0) is 9.53 Å². The zero-order valence-corrected chi connectivity index (χ0v) is 17.3. The first-order valence-corrected chi connectivity index (χ1v) is 9.85. The van der Waals surface area contributed by atoms with Crippen molar-refractivity contribution >= 4 is 29.0 Å². The molecule has 0 atom stereocenters. The molecule has 7 heteroatoms. The normalized spacial score (nSPS) is 15.7. The molecule has 1 saturated heterocycles. The predicted octanol–water partition coefficient (Wildman–Crippen LogP) is 4.18. The van der Waals surface area contributed by atoms with E-state index in [1.165, 1.54) is 4.90 Å². The maximum absolute atomic E-state index is 12.6. The number of benzene rings is 1. The molecule has 3 rings (SSSR count). The highest BCUT2D eigenvalue weighted by atomic mass is 32.2. The molecule has 0 unspecified atom stereocenters. The van der Waals surface area contributed by atoms with E-state index < -0.39 is 0 Å². The fourth-order valence-corrected chi connectivity index (χ4v) is 4.12. The van der Waals surface area contributed by atoms with Crippen LogP contribution in [0, 0.1) is 13.8 Å². The quantitative estimate of drug-likeness (QED) is 0.516. The van der Waals surface area contributed by atoms with Gasteiger partial charge in [-0.15, -0.1) is 0 Å². The molecule has 2 amide bonds. The number of thioether (sulfide) groups is 1. The number of rotatable bonds is 7. The van der Waals surface area contributed by atoms with Gasteiger partial charge in [-0.1, -0.05) is 0 Å². The monoisotopic (exact) mass is 400 g/mol. The zero-order valence-electron chi connectivity index (χ0n) is 16.5. The van der Waals surface area contributed by atoms with Crippen LogP contribution in [0.15, 0.2) is 35.2 Å². The van der Waals surface area contributed by atoms with Crippen LogP contribution >= 0.6 is 11.8 Å². The van der Waals surface area contributed by atoms with Crippen LogP contribution in [0.25, 0.3) is 11.8 Å². The second kappa shape index (κ2) is 8.67. The van der Waals surface area contributed by atoms with Gasteiger partial charge in [0.15, 0.2) is 0 Å². The molecule has 2 heterocycles. The number of amides is 2. The van der Waals surface area contributed by atoms with Crippen molar-refractivity contribution in [1.82, 2.24) is 9.47 Å².